The second-order valence-corrected chi connectivity index (χ2v) is 6.35. The van der Waals surface area contributed by atoms with E-state index in [1.165, 1.54) is 11.1 Å². The zero-order valence-corrected chi connectivity index (χ0v) is 14.9. The minimum absolute atomic E-state index is 0.0663. The first-order valence-corrected chi connectivity index (χ1v) is 8.66. The fourth-order valence-corrected chi connectivity index (χ4v) is 3.14. The Labute approximate surface area is 160 Å². The lowest BCUT2D eigenvalue weighted by atomic mass is 10.1. The highest BCUT2D eigenvalue weighted by molar-refractivity contribution is 7.80. The summed E-state index contributed by atoms with van der Waals surface area (Å²) in [5.74, 6) is -0.590. The molecule has 0 radical (unpaired) electrons. The number of nitrogens with zero attached hydrogens (tertiary/aromatic N) is 2. The van der Waals surface area contributed by atoms with Gasteiger partial charge in [0.1, 0.15) is 0 Å². The number of amides is 2. The molecule has 136 valence electrons. The maximum atomic E-state index is 12.8. The van der Waals surface area contributed by atoms with Gasteiger partial charge in [0, 0.05) is 6.21 Å². The topological polar surface area (TPSA) is 80.2 Å². The molecule has 0 aliphatic carbocycles. The number of carbonyl (C=O) groups is 2. The van der Waals surface area contributed by atoms with Gasteiger partial charge in [-0.15, -0.1) is 0 Å². The number of hydrogen-bond acceptors (Lipinski definition) is 6. The molecule has 2 heterocycles. The van der Waals surface area contributed by atoms with E-state index in [4.69, 9.17) is 21.7 Å². The number of rotatable bonds is 4. The normalized spacial score (nSPS) is 18.9. The minimum atomic E-state index is -1.04. The van der Waals surface area contributed by atoms with E-state index < -0.39 is 17.7 Å². The lowest BCUT2D eigenvalue weighted by Gasteiger charge is -2.30. The number of aliphatic imine (C=N–C) groups is 1. The fourth-order valence-electron chi connectivity index (χ4n) is 2.85. The van der Waals surface area contributed by atoms with Crippen LogP contribution in [0.15, 0.2) is 53.5 Å². The standard InChI is InChI=1S/C19H15N3O4S/c23-17-14(10-20-9-12-6-7-15-16(8-12)26-11-25-15)18(24)22(19(27)21-17)13-4-2-1-3-5-13/h1-8,10,14H,9,11H2,(H,21,23,27)/t14-/m1/s1. The van der Waals surface area contributed by atoms with Crippen LogP contribution in [-0.2, 0) is 16.1 Å². The van der Waals surface area contributed by atoms with Gasteiger partial charge in [0.2, 0.25) is 12.7 Å². The van der Waals surface area contributed by atoms with E-state index >= 15 is 0 Å². The summed E-state index contributed by atoms with van der Waals surface area (Å²) in [4.78, 5) is 30.6. The molecule has 2 aromatic carbocycles. The first-order valence-electron chi connectivity index (χ1n) is 8.26. The van der Waals surface area contributed by atoms with Gasteiger partial charge in [-0.2, -0.15) is 0 Å². The number of benzene rings is 2. The highest BCUT2D eigenvalue weighted by Gasteiger charge is 2.38. The van der Waals surface area contributed by atoms with Crippen molar-refractivity contribution in [1.29, 1.82) is 0 Å². The first kappa shape index (κ1) is 17.2. The fraction of sp³-hybridized carbons (Fsp3) is 0.158. The molecule has 0 bridgehead atoms. The largest absolute Gasteiger partial charge is 0.454 e. The quantitative estimate of drug-likeness (QED) is 0.498. The van der Waals surface area contributed by atoms with Gasteiger partial charge < -0.3 is 14.8 Å². The number of ether oxygens (including phenoxy) is 2. The van der Waals surface area contributed by atoms with E-state index in [9.17, 15) is 9.59 Å². The molecule has 27 heavy (non-hydrogen) atoms. The second kappa shape index (κ2) is 7.16. The third-order valence-electron chi connectivity index (χ3n) is 4.18. The number of carbonyl (C=O) groups excluding carboxylic acids is 2. The van der Waals surface area contributed by atoms with Crippen LogP contribution in [0.2, 0.25) is 0 Å². The molecule has 0 spiro atoms. The molecule has 4 rings (SSSR count). The molecular formula is C19H15N3O4S. The summed E-state index contributed by atoms with van der Waals surface area (Å²) in [5, 5.41) is 2.63. The molecular weight excluding hydrogens is 366 g/mol. The summed E-state index contributed by atoms with van der Waals surface area (Å²) in [5.41, 5.74) is 1.48. The van der Waals surface area contributed by atoms with Gasteiger partial charge in [-0.25, -0.2) is 0 Å². The van der Waals surface area contributed by atoms with Gasteiger partial charge in [0.25, 0.3) is 5.91 Å². The highest BCUT2D eigenvalue weighted by atomic mass is 32.1. The predicted molar refractivity (Wildman–Crippen MR) is 103 cm³/mol. The lowest BCUT2D eigenvalue weighted by Crippen LogP contribution is -2.58. The monoisotopic (exact) mass is 381 g/mol. The van der Waals surface area contributed by atoms with Crippen molar-refractivity contribution in [2.75, 3.05) is 11.7 Å². The summed E-state index contributed by atoms with van der Waals surface area (Å²) < 4.78 is 10.6. The Bertz CT molecular complexity index is 945. The molecule has 0 unspecified atom stereocenters. The SMILES string of the molecule is O=C1NC(=S)N(c2ccccc2)C(=O)[C@@H]1C=NCc1ccc2c(c1)OCO2. The molecule has 2 amide bonds. The maximum Gasteiger partial charge on any atom is 0.251 e. The van der Waals surface area contributed by atoms with Crippen molar-refractivity contribution < 1.29 is 19.1 Å². The van der Waals surface area contributed by atoms with E-state index in [1.807, 2.05) is 18.2 Å². The number of anilines is 1. The van der Waals surface area contributed by atoms with Gasteiger partial charge in [-0.05, 0) is 42.0 Å². The van der Waals surface area contributed by atoms with E-state index in [2.05, 4.69) is 10.3 Å². The van der Waals surface area contributed by atoms with Crippen molar-refractivity contribution in [1.82, 2.24) is 5.32 Å². The van der Waals surface area contributed by atoms with Crippen LogP contribution in [0.1, 0.15) is 5.56 Å². The van der Waals surface area contributed by atoms with Crippen molar-refractivity contribution in [3.63, 3.8) is 0 Å². The Kier molecular flexibility index (Phi) is 4.55. The van der Waals surface area contributed by atoms with E-state index in [-0.39, 0.29) is 11.9 Å². The van der Waals surface area contributed by atoms with Crippen LogP contribution in [0.3, 0.4) is 0 Å². The van der Waals surface area contributed by atoms with Crippen molar-refractivity contribution in [3.8, 4) is 11.5 Å². The third kappa shape index (κ3) is 3.39. The van der Waals surface area contributed by atoms with Crippen molar-refractivity contribution in [2.45, 2.75) is 6.54 Å². The van der Waals surface area contributed by atoms with Crippen molar-refractivity contribution in [3.05, 3.63) is 54.1 Å². The maximum absolute atomic E-state index is 12.8. The van der Waals surface area contributed by atoms with Crippen LogP contribution < -0.4 is 19.7 Å². The zero-order valence-electron chi connectivity index (χ0n) is 14.1. The van der Waals surface area contributed by atoms with Crippen molar-refractivity contribution in [2.24, 2.45) is 10.9 Å². The molecule has 1 N–H and O–H groups in total. The summed E-state index contributed by atoms with van der Waals surface area (Å²) in [6.45, 7) is 0.511. The van der Waals surface area contributed by atoms with Crippen molar-refractivity contribution >= 4 is 41.0 Å². The Hall–Kier alpha value is -3.26. The lowest BCUT2D eigenvalue weighted by molar-refractivity contribution is -0.130. The van der Waals surface area contributed by atoms with Gasteiger partial charge in [0.05, 0.1) is 12.2 Å². The molecule has 1 fully saturated rings. The summed E-state index contributed by atoms with van der Waals surface area (Å²) in [6.07, 6.45) is 1.36. The molecule has 7 nitrogen and oxygen atoms in total. The van der Waals surface area contributed by atoms with E-state index in [0.29, 0.717) is 23.7 Å². The van der Waals surface area contributed by atoms with Crippen LogP contribution in [0, 0.1) is 5.92 Å². The molecule has 8 heteroatoms. The average Bonchev–Trinajstić information content (AvgIpc) is 3.13. The molecule has 2 aliphatic rings. The zero-order chi connectivity index (χ0) is 18.8. The molecule has 1 saturated heterocycles. The smallest absolute Gasteiger partial charge is 0.251 e. The highest BCUT2D eigenvalue weighted by Crippen LogP contribution is 2.32. The molecule has 2 aliphatic heterocycles. The van der Waals surface area contributed by atoms with Gasteiger partial charge >= 0.3 is 0 Å². The number of fused-ring (bicyclic) bond motifs is 1. The summed E-state index contributed by atoms with van der Waals surface area (Å²) in [7, 11) is 0. The van der Waals surface area contributed by atoms with Crippen LogP contribution in [-0.4, -0.2) is 29.9 Å². The Morgan fingerprint density at radius 3 is 2.74 bits per heavy atom. The summed E-state index contributed by atoms with van der Waals surface area (Å²) >= 11 is 5.15. The molecule has 1 atom stereocenters. The number of hydrogen-bond donors (Lipinski definition) is 1. The Morgan fingerprint density at radius 1 is 1.15 bits per heavy atom. The minimum Gasteiger partial charge on any atom is -0.454 e. The molecule has 0 saturated carbocycles. The van der Waals surface area contributed by atoms with Crippen LogP contribution in [0.4, 0.5) is 5.69 Å². The second-order valence-electron chi connectivity index (χ2n) is 5.96. The molecule has 2 aromatic rings. The Balaban J connectivity index is 1.50. The molecule has 0 aromatic heterocycles. The van der Waals surface area contributed by atoms with E-state index in [1.54, 1.807) is 30.3 Å². The average molecular weight is 381 g/mol. The summed E-state index contributed by atoms with van der Waals surface area (Å²) in [6, 6.07) is 14.4. The predicted octanol–water partition coefficient (Wildman–Crippen LogP) is 2.05. The van der Waals surface area contributed by atoms with Gasteiger partial charge in [-0.1, -0.05) is 24.3 Å². The Morgan fingerprint density at radius 2 is 1.93 bits per heavy atom. The number of thiocarbonyl (C=S) groups is 1. The number of para-hydroxylation sites is 1. The third-order valence-corrected chi connectivity index (χ3v) is 4.47. The van der Waals surface area contributed by atoms with Crippen LogP contribution in [0.25, 0.3) is 0 Å². The van der Waals surface area contributed by atoms with Crippen LogP contribution >= 0.6 is 12.2 Å². The van der Waals surface area contributed by atoms with Gasteiger partial charge in [0.15, 0.2) is 22.5 Å². The van der Waals surface area contributed by atoms with Crippen LogP contribution in [0.5, 0.6) is 11.5 Å². The number of nitrogens with one attached hydrogen (secondary N) is 1. The first-order chi connectivity index (χ1) is 13.1. The van der Waals surface area contributed by atoms with E-state index in [0.717, 1.165) is 5.56 Å². The van der Waals surface area contributed by atoms with Gasteiger partial charge in [-0.3, -0.25) is 19.5 Å².